The van der Waals surface area contributed by atoms with E-state index in [9.17, 15) is 14.4 Å². The Labute approximate surface area is 168 Å². The second-order valence-electron chi connectivity index (χ2n) is 7.01. The van der Waals surface area contributed by atoms with E-state index in [1.165, 1.54) is 11.0 Å². The highest BCUT2D eigenvalue weighted by Gasteiger charge is 2.19. The normalized spacial score (nSPS) is 11.7. The average Bonchev–Trinajstić information content (AvgIpc) is 2.67. The van der Waals surface area contributed by atoms with Gasteiger partial charge in [0, 0.05) is 37.3 Å². The number of carbonyl (C=O) groups is 2. The molecule has 3 rings (SSSR count). The lowest BCUT2D eigenvalue weighted by atomic mass is 10.0. The van der Waals surface area contributed by atoms with Crippen LogP contribution in [0, 0.1) is 6.92 Å². The standard InChI is InChI=1S/C22H23N3O4/c1-14-11-21(27)29-19-12-16(9-10-17(14)19)23-22(28)24-18(13-20(26)25(2)3)15-7-5-4-6-8-15/h4-12,18H,13H2,1-3H3,(H2,23,24,28)/t18-/m0/s1. The first kappa shape index (κ1) is 20.1. The van der Waals surface area contributed by atoms with Gasteiger partial charge in [0.25, 0.3) is 0 Å². The van der Waals surface area contributed by atoms with E-state index in [0.29, 0.717) is 11.3 Å². The number of nitrogens with one attached hydrogen (secondary N) is 2. The van der Waals surface area contributed by atoms with E-state index in [1.807, 2.05) is 37.3 Å². The molecule has 0 spiro atoms. The molecule has 0 radical (unpaired) electrons. The summed E-state index contributed by atoms with van der Waals surface area (Å²) in [4.78, 5) is 37.9. The summed E-state index contributed by atoms with van der Waals surface area (Å²) >= 11 is 0. The Morgan fingerprint density at radius 2 is 1.79 bits per heavy atom. The lowest BCUT2D eigenvalue weighted by Crippen LogP contribution is -2.36. The molecular weight excluding hydrogens is 370 g/mol. The SMILES string of the molecule is Cc1cc(=O)oc2cc(NC(=O)N[C@@H](CC(=O)N(C)C)c3ccccc3)ccc12. The van der Waals surface area contributed by atoms with Crippen LogP contribution in [0.4, 0.5) is 10.5 Å². The predicted octanol–water partition coefficient (Wildman–Crippen LogP) is 3.44. The Bertz CT molecular complexity index is 1090. The van der Waals surface area contributed by atoms with E-state index in [-0.39, 0.29) is 12.3 Å². The van der Waals surface area contributed by atoms with Gasteiger partial charge in [0.1, 0.15) is 5.58 Å². The molecular formula is C22H23N3O4. The average molecular weight is 393 g/mol. The van der Waals surface area contributed by atoms with Crippen LogP contribution in [-0.4, -0.2) is 30.9 Å². The summed E-state index contributed by atoms with van der Waals surface area (Å²) in [6, 6.07) is 14.9. The van der Waals surface area contributed by atoms with E-state index >= 15 is 0 Å². The van der Waals surface area contributed by atoms with Crippen LogP contribution in [0.5, 0.6) is 0 Å². The van der Waals surface area contributed by atoms with Crippen LogP contribution in [0.2, 0.25) is 0 Å². The third-order valence-corrected chi connectivity index (χ3v) is 4.59. The minimum Gasteiger partial charge on any atom is -0.423 e. The van der Waals surface area contributed by atoms with E-state index in [2.05, 4.69) is 10.6 Å². The molecule has 0 fully saturated rings. The topological polar surface area (TPSA) is 91.6 Å². The Hall–Kier alpha value is -3.61. The number of hydrogen-bond acceptors (Lipinski definition) is 4. The van der Waals surface area contributed by atoms with Crippen molar-refractivity contribution in [1.82, 2.24) is 10.2 Å². The fraction of sp³-hybridized carbons (Fsp3) is 0.227. The first-order valence-electron chi connectivity index (χ1n) is 9.20. The van der Waals surface area contributed by atoms with Crippen molar-refractivity contribution in [3.05, 3.63) is 76.1 Å². The largest absolute Gasteiger partial charge is 0.423 e. The van der Waals surface area contributed by atoms with E-state index < -0.39 is 17.7 Å². The van der Waals surface area contributed by atoms with Gasteiger partial charge in [0.15, 0.2) is 0 Å². The zero-order valence-electron chi connectivity index (χ0n) is 16.6. The van der Waals surface area contributed by atoms with Crippen LogP contribution in [0.3, 0.4) is 0 Å². The van der Waals surface area contributed by atoms with Gasteiger partial charge in [0.2, 0.25) is 5.91 Å². The van der Waals surface area contributed by atoms with Gasteiger partial charge in [-0.2, -0.15) is 0 Å². The van der Waals surface area contributed by atoms with E-state index in [1.54, 1.807) is 32.3 Å². The Kier molecular flexibility index (Phi) is 5.97. The zero-order valence-corrected chi connectivity index (χ0v) is 16.6. The summed E-state index contributed by atoms with van der Waals surface area (Å²) in [5, 5.41) is 6.39. The van der Waals surface area contributed by atoms with Crippen LogP contribution in [-0.2, 0) is 4.79 Å². The highest BCUT2D eigenvalue weighted by atomic mass is 16.4. The van der Waals surface area contributed by atoms with Crippen molar-refractivity contribution >= 4 is 28.6 Å². The first-order valence-corrected chi connectivity index (χ1v) is 9.20. The quantitative estimate of drug-likeness (QED) is 0.650. The minimum absolute atomic E-state index is 0.0953. The molecule has 7 nitrogen and oxygen atoms in total. The fourth-order valence-electron chi connectivity index (χ4n) is 3.02. The molecule has 3 aromatic rings. The van der Waals surface area contributed by atoms with Crippen LogP contribution in [0.25, 0.3) is 11.0 Å². The van der Waals surface area contributed by atoms with Crippen molar-refractivity contribution in [2.24, 2.45) is 0 Å². The highest BCUT2D eigenvalue weighted by Crippen LogP contribution is 2.22. The van der Waals surface area contributed by atoms with Crippen LogP contribution >= 0.6 is 0 Å². The van der Waals surface area contributed by atoms with Crippen molar-refractivity contribution in [2.45, 2.75) is 19.4 Å². The smallest absolute Gasteiger partial charge is 0.336 e. The second kappa shape index (κ2) is 8.60. The number of anilines is 1. The lowest BCUT2D eigenvalue weighted by molar-refractivity contribution is -0.129. The van der Waals surface area contributed by atoms with Gasteiger partial charge in [-0.3, -0.25) is 4.79 Å². The van der Waals surface area contributed by atoms with Gasteiger partial charge in [0.05, 0.1) is 12.5 Å². The second-order valence-corrected chi connectivity index (χ2v) is 7.01. The van der Waals surface area contributed by atoms with Gasteiger partial charge in [-0.25, -0.2) is 9.59 Å². The molecule has 1 aromatic heterocycles. The van der Waals surface area contributed by atoms with Crippen molar-refractivity contribution in [3.63, 3.8) is 0 Å². The number of fused-ring (bicyclic) bond motifs is 1. The van der Waals surface area contributed by atoms with Gasteiger partial charge in [-0.05, 0) is 30.2 Å². The summed E-state index contributed by atoms with van der Waals surface area (Å²) in [5.74, 6) is -0.0953. The number of hydrogen-bond donors (Lipinski definition) is 2. The minimum atomic E-state index is -0.480. The molecule has 29 heavy (non-hydrogen) atoms. The third kappa shape index (κ3) is 5.01. The lowest BCUT2D eigenvalue weighted by Gasteiger charge is -2.21. The van der Waals surface area contributed by atoms with E-state index in [0.717, 1.165) is 16.5 Å². The summed E-state index contributed by atoms with van der Waals surface area (Å²) in [6.45, 7) is 1.82. The molecule has 0 aliphatic rings. The first-order chi connectivity index (χ1) is 13.8. The Balaban J connectivity index is 1.78. The van der Waals surface area contributed by atoms with Crippen LogP contribution in [0.1, 0.15) is 23.6 Å². The van der Waals surface area contributed by atoms with Crippen LogP contribution in [0.15, 0.2) is 63.8 Å². The van der Waals surface area contributed by atoms with Gasteiger partial charge < -0.3 is 20.0 Å². The molecule has 0 unspecified atom stereocenters. The number of rotatable bonds is 5. The van der Waals surface area contributed by atoms with E-state index in [4.69, 9.17) is 4.42 Å². The van der Waals surface area contributed by atoms with Gasteiger partial charge in [-0.1, -0.05) is 30.3 Å². The number of carbonyl (C=O) groups excluding carboxylic acids is 2. The van der Waals surface area contributed by atoms with Crippen molar-refractivity contribution in [1.29, 1.82) is 0 Å². The number of amides is 3. The van der Waals surface area contributed by atoms with Crippen molar-refractivity contribution in [3.8, 4) is 0 Å². The molecule has 7 heteroatoms. The summed E-state index contributed by atoms with van der Waals surface area (Å²) < 4.78 is 5.22. The predicted molar refractivity (Wildman–Crippen MR) is 112 cm³/mol. The number of benzene rings is 2. The van der Waals surface area contributed by atoms with Crippen molar-refractivity contribution < 1.29 is 14.0 Å². The zero-order chi connectivity index (χ0) is 21.0. The highest BCUT2D eigenvalue weighted by molar-refractivity contribution is 5.93. The maximum absolute atomic E-state index is 12.6. The molecule has 0 saturated carbocycles. The number of nitrogens with zero attached hydrogens (tertiary/aromatic N) is 1. The summed E-state index contributed by atoms with van der Waals surface area (Å²) in [7, 11) is 3.35. The molecule has 0 bridgehead atoms. The van der Waals surface area contributed by atoms with Gasteiger partial charge >= 0.3 is 11.7 Å². The number of aryl methyl sites for hydroxylation is 1. The summed E-state index contributed by atoms with van der Waals surface area (Å²) in [6.07, 6.45) is 0.135. The third-order valence-electron chi connectivity index (χ3n) is 4.59. The molecule has 1 atom stereocenters. The Morgan fingerprint density at radius 1 is 1.07 bits per heavy atom. The molecule has 0 aliphatic heterocycles. The molecule has 150 valence electrons. The monoisotopic (exact) mass is 393 g/mol. The number of urea groups is 1. The molecule has 3 amide bonds. The van der Waals surface area contributed by atoms with Gasteiger partial charge in [-0.15, -0.1) is 0 Å². The molecule has 2 aromatic carbocycles. The summed E-state index contributed by atoms with van der Waals surface area (Å²) in [5.41, 5.74) is 2.07. The maximum Gasteiger partial charge on any atom is 0.336 e. The van der Waals surface area contributed by atoms with Crippen molar-refractivity contribution in [2.75, 3.05) is 19.4 Å². The molecule has 0 saturated heterocycles. The fourth-order valence-corrected chi connectivity index (χ4v) is 3.02. The maximum atomic E-state index is 12.6. The van der Waals surface area contributed by atoms with Crippen LogP contribution < -0.4 is 16.3 Å². The molecule has 2 N–H and O–H groups in total. The Morgan fingerprint density at radius 3 is 2.48 bits per heavy atom. The molecule has 1 heterocycles. The molecule has 0 aliphatic carbocycles.